The maximum absolute atomic E-state index is 10.0. The first-order valence-electron chi connectivity index (χ1n) is 7.86. The summed E-state index contributed by atoms with van der Waals surface area (Å²) in [6.45, 7) is 6.01. The number of likely N-dealkylation sites (tertiary alicyclic amines) is 1. The van der Waals surface area contributed by atoms with E-state index in [1.165, 1.54) is 32.1 Å². The first-order chi connectivity index (χ1) is 9.73. The molecule has 2 fully saturated rings. The van der Waals surface area contributed by atoms with Crippen molar-refractivity contribution < 1.29 is 5.11 Å². The molecular weight excluding hydrogens is 246 g/mol. The van der Waals surface area contributed by atoms with Gasteiger partial charge in [-0.2, -0.15) is 0 Å². The number of hydrogen-bond acceptors (Lipinski definition) is 2. The second kappa shape index (κ2) is 5.61. The first-order valence-corrected chi connectivity index (χ1v) is 7.86. The number of phenolic OH excluding ortho intramolecular Hbond substituents is 1. The molecule has 1 aliphatic carbocycles. The lowest BCUT2D eigenvalue weighted by molar-refractivity contribution is -0.0191. The molecule has 1 heterocycles. The zero-order valence-corrected chi connectivity index (χ0v) is 12.2. The van der Waals surface area contributed by atoms with E-state index in [1.54, 1.807) is 6.07 Å². The number of benzene rings is 1. The summed E-state index contributed by atoms with van der Waals surface area (Å²) in [6, 6.07) is 7.75. The molecule has 1 saturated heterocycles. The van der Waals surface area contributed by atoms with E-state index in [1.807, 2.05) is 18.2 Å². The Morgan fingerprint density at radius 1 is 1.35 bits per heavy atom. The normalized spacial score (nSPS) is 30.1. The van der Waals surface area contributed by atoms with Gasteiger partial charge >= 0.3 is 0 Å². The molecule has 0 radical (unpaired) electrons. The van der Waals surface area contributed by atoms with Crippen LogP contribution in [0.15, 0.2) is 36.9 Å². The number of nitrogens with zero attached hydrogens (tertiary/aromatic N) is 1. The van der Waals surface area contributed by atoms with Crippen molar-refractivity contribution in [2.75, 3.05) is 6.54 Å². The van der Waals surface area contributed by atoms with Crippen LogP contribution in [0.2, 0.25) is 0 Å². The van der Waals surface area contributed by atoms with Gasteiger partial charge in [0.25, 0.3) is 0 Å². The van der Waals surface area contributed by atoms with Crippen LogP contribution >= 0.6 is 0 Å². The SMILES string of the molecule is C=CCC12CCCC(CCN1Cc1ccccc1O)C2. The maximum atomic E-state index is 10.0. The van der Waals surface area contributed by atoms with E-state index in [4.69, 9.17) is 0 Å². The van der Waals surface area contributed by atoms with Crippen molar-refractivity contribution in [3.8, 4) is 5.75 Å². The highest BCUT2D eigenvalue weighted by Crippen LogP contribution is 2.45. The Bertz CT molecular complexity index is 484. The highest BCUT2D eigenvalue weighted by atomic mass is 16.3. The zero-order chi connectivity index (χ0) is 14.0. The van der Waals surface area contributed by atoms with E-state index in [0.717, 1.165) is 31.0 Å². The van der Waals surface area contributed by atoms with Gasteiger partial charge in [0.2, 0.25) is 0 Å². The van der Waals surface area contributed by atoms with Gasteiger partial charge in [-0.05, 0) is 44.2 Å². The summed E-state index contributed by atoms with van der Waals surface area (Å²) >= 11 is 0. The molecule has 108 valence electrons. The minimum atomic E-state index is 0.297. The van der Waals surface area contributed by atoms with Gasteiger partial charge in [0.05, 0.1) is 0 Å². The van der Waals surface area contributed by atoms with E-state index >= 15 is 0 Å². The zero-order valence-electron chi connectivity index (χ0n) is 12.2. The fraction of sp³-hybridized carbons (Fsp3) is 0.556. The van der Waals surface area contributed by atoms with Gasteiger partial charge in [0, 0.05) is 17.6 Å². The van der Waals surface area contributed by atoms with Crippen LogP contribution in [0, 0.1) is 5.92 Å². The molecule has 2 nitrogen and oxygen atoms in total. The molecule has 2 unspecified atom stereocenters. The number of hydrogen-bond donors (Lipinski definition) is 1. The first kappa shape index (κ1) is 13.7. The van der Waals surface area contributed by atoms with E-state index in [-0.39, 0.29) is 0 Å². The number of fused-ring (bicyclic) bond motifs is 2. The van der Waals surface area contributed by atoms with Crippen molar-refractivity contribution in [3.63, 3.8) is 0 Å². The Balaban J connectivity index is 1.83. The summed E-state index contributed by atoms with van der Waals surface area (Å²) in [5.41, 5.74) is 1.35. The van der Waals surface area contributed by atoms with Gasteiger partial charge in [-0.15, -0.1) is 6.58 Å². The van der Waals surface area contributed by atoms with Crippen molar-refractivity contribution in [1.82, 2.24) is 4.90 Å². The molecule has 1 saturated carbocycles. The van der Waals surface area contributed by atoms with E-state index in [2.05, 4.69) is 17.6 Å². The molecule has 0 spiro atoms. The molecule has 1 aromatic carbocycles. The molecule has 1 aliphatic heterocycles. The number of para-hydroxylation sites is 1. The standard InChI is InChI=1S/C18H25NO/c1-2-10-18-11-5-6-15(13-18)9-12-19(18)14-16-7-3-4-8-17(16)20/h2-4,7-8,15,20H,1,5-6,9-14H2. The Morgan fingerprint density at radius 2 is 2.20 bits per heavy atom. The maximum Gasteiger partial charge on any atom is 0.120 e. The molecular formula is C18H25NO. The van der Waals surface area contributed by atoms with E-state index in [0.29, 0.717) is 11.3 Å². The van der Waals surface area contributed by atoms with Crippen molar-refractivity contribution in [3.05, 3.63) is 42.5 Å². The fourth-order valence-electron chi connectivity index (χ4n) is 4.25. The van der Waals surface area contributed by atoms with Crippen LogP contribution < -0.4 is 0 Å². The molecule has 1 aromatic rings. The van der Waals surface area contributed by atoms with Gasteiger partial charge in [0.15, 0.2) is 0 Å². The molecule has 0 aromatic heterocycles. The van der Waals surface area contributed by atoms with E-state index in [9.17, 15) is 5.11 Å². The summed E-state index contributed by atoms with van der Waals surface area (Å²) in [7, 11) is 0. The fourth-order valence-corrected chi connectivity index (χ4v) is 4.25. The van der Waals surface area contributed by atoms with Crippen molar-refractivity contribution in [2.24, 2.45) is 5.92 Å². The second-order valence-corrected chi connectivity index (χ2v) is 6.52. The molecule has 3 rings (SSSR count). The van der Waals surface area contributed by atoms with Crippen LogP contribution in [0.3, 0.4) is 0 Å². The lowest BCUT2D eigenvalue weighted by atomic mass is 9.69. The molecule has 2 aliphatic rings. The second-order valence-electron chi connectivity index (χ2n) is 6.52. The van der Waals surface area contributed by atoms with Gasteiger partial charge in [-0.3, -0.25) is 4.90 Å². The molecule has 2 atom stereocenters. The Morgan fingerprint density at radius 3 is 3.00 bits per heavy atom. The molecule has 1 N–H and O–H groups in total. The van der Waals surface area contributed by atoms with Crippen molar-refractivity contribution in [1.29, 1.82) is 0 Å². The van der Waals surface area contributed by atoms with Crippen LogP contribution in [0.25, 0.3) is 0 Å². The third-order valence-corrected chi connectivity index (χ3v) is 5.28. The number of phenols is 1. The van der Waals surface area contributed by atoms with Gasteiger partial charge in [-0.25, -0.2) is 0 Å². The molecule has 20 heavy (non-hydrogen) atoms. The minimum Gasteiger partial charge on any atom is -0.508 e. The summed E-state index contributed by atoms with van der Waals surface area (Å²) in [6.07, 6.45) is 9.82. The molecule has 2 bridgehead atoms. The average molecular weight is 271 g/mol. The van der Waals surface area contributed by atoms with Crippen molar-refractivity contribution in [2.45, 2.75) is 50.6 Å². The molecule has 2 heteroatoms. The third kappa shape index (κ3) is 2.49. The van der Waals surface area contributed by atoms with Crippen LogP contribution in [-0.2, 0) is 6.54 Å². The van der Waals surface area contributed by atoms with Crippen molar-refractivity contribution >= 4 is 0 Å². The average Bonchev–Trinajstić information content (AvgIpc) is 2.45. The summed E-state index contributed by atoms with van der Waals surface area (Å²) in [4.78, 5) is 2.61. The predicted molar refractivity (Wildman–Crippen MR) is 82.6 cm³/mol. The minimum absolute atomic E-state index is 0.297. The Hall–Kier alpha value is -1.28. The monoisotopic (exact) mass is 271 g/mol. The number of piperidine rings is 1. The molecule has 0 amide bonds. The van der Waals surface area contributed by atoms with Crippen LogP contribution in [0.4, 0.5) is 0 Å². The topological polar surface area (TPSA) is 23.5 Å². The number of aromatic hydroxyl groups is 1. The summed E-state index contributed by atoms with van der Waals surface area (Å²) < 4.78 is 0. The van der Waals surface area contributed by atoms with Gasteiger partial charge < -0.3 is 5.11 Å². The predicted octanol–water partition coefficient (Wildman–Crippen LogP) is 4.10. The third-order valence-electron chi connectivity index (χ3n) is 5.28. The van der Waals surface area contributed by atoms with Gasteiger partial charge in [-0.1, -0.05) is 37.1 Å². The highest BCUT2D eigenvalue weighted by Gasteiger charge is 2.43. The highest BCUT2D eigenvalue weighted by molar-refractivity contribution is 5.32. The summed E-state index contributed by atoms with van der Waals surface area (Å²) in [5, 5.41) is 10.0. The lowest BCUT2D eigenvalue weighted by Crippen LogP contribution is -2.55. The number of rotatable bonds is 4. The van der Waals surface area contributed by atoms with E-state index < -0.39 is 0 Å². The lowest BCUT2D eigenvalue weighted by Gasteiger charge is -2.53. The Kier molecular flexibility index (Phi) is 3.84. The Labute approximate surface area is 122 Å². The smallest absolute Gasteiger partial charge is 0.120 e. The quantitative estimate of drug-likeness (QED) is 0.833. The van der Waals surface area contributed by atoms with Crippen LogP contribution in [0.5, 0.6) is 5.75 Å². The van der Waals surface area contributed by atoms with Crippen LogP contribution in [0.1, 0.15) is 44.1 Å². The largest absolute Gasteiger partial charge is 0.508 e. The van der Waals surface area contributed by atoms with Crippen LogP contribution in [-0.4, -0.2) is 22.1 Å². The van der Waals surface area contributed by atoms with Gasteiger partial charge in [0.1, 0.15) is 5.75 Å². The summed E-state index contributed by atoms with van der Waals surface area (Å²) in [5.74, 6) is 1.34.